The van der Waals surface area contributed by atoms with Gasteiger partial charge in [-0.05, 0) is 6.92 Å². The molecule has 0 heterocycles. The Balaban J connectivity index is 3.15. The Labute approximate surface area is 95.7 Å². The number of nitrogens with one attached hydrogen (secondary N) is 2. The second-order valence-corrected chi connectivity index (χ2v) is 3.03. The van der Waals surface area contributed by atoms with Crippen LogP contribution in [0.25, 0.3) is 0 Å². The molecule has 0 aliphatic rings. The largest absolute Gasteiger partial charge is 0.464 e. The average Bonchev–Trinajstić information content (AvgIpc) is 2.27. The Morgan fingerprint density at radius 3 is 2.62 bits per heavy atom. The predicted molar refractivity (Wildman–Crippen MR) is 59.0 cm³/mol. The summed E-state index contributed by atoms with van der Waals surface area (Å²) in [6.45, 7) is 3.72. The van der Waals surface area contributed by atoms with E-state index >= 15 is 0 Å². The molecule has 0 spiro atoms. The molecule has 0 aliphatic heterocycles. The molecule has 0 radical (unpaired) electrons. The molecule has 0 fully saturated rings. The van der Waals surface area contributed by atoms with Crippen molar-refractivity contribution in [3.05, 3.63) is 0 Å². The molecule has 0 saturated heterocycles. The van der Waals surface area contributed by atoms with E-state index in [4.69, 9.17) is 4.74 Å². The van der Waals surface area contributed by atoms with Gasteiger partial charge in [0.25, 0.3) is 0 Å². The lowest BCUT2D eigenvalue weighted by Gasteiger charge is -2.05. The van der Waals surface area contributed by atoms with E-state index in [1.807, 2.05) is 0 Å². The molecule has 16 heavy (non-hydrogen) atoms. The first kappa shape index (κ1) is 14.9. The van der Waals surface area contributed by atoms with Crippen molar-refractivity contribution in [2.75, 3.05) is 40.0 Å². The first-order valence-corrected chi connectivity index (χ1v) is 5.35. The molecule has 0 aromatic heterocycles. The van der Waals surface area contributed by atoms with Gasteiger partial charge in [-0.25, -0.2) is 4.79 Å². The van der Waals surface area contributed by atoms with E-state index in [2.05, 4.69) is 15.4 Å². The summed E-state index contributed by atoms with van der Waals surface area (Å²) in [6.07, 6.45) is 0.439. The minimum absolute atomic E-state index is 0.0000538. The summed E-state index contributed by atoms with van der Waals surface area (Å²) in [5, 5.41) is 5.54. The highest BCUT2D eigenvalue weighted by Gasteiger charge is 2.00. The lowest BCUT2D eigenvalue weighted by atomic mass is 10.4. The minimum Gasteiger partial charge on any atom is -0.464 e. The number of ether oxygens (including phenoxy) is 2. The first-order chi connectivity index (χ1) is 7.70. The molecule has 0 bridgehead atoms. The topological polar surface area (TPSA) is 76.7 Å². The van der Waals surface area contributed by atoms with E-state index in [9.17, 15) is 9.59 Å². The molecular weight excluding hydrogens is 212 g/mol. The zero-order valence-electron chi connectivity index (χ0n) is 9.88. The van der Waals surface area contributed by atoms with Gasteiger partial charge >= 0.3 is 5.97 Å². The van der Waals surface area contributed by atoms with Crippen LogP contribution >= 0.6 is 0 Å². The third-order valence-corrected chi connectivity index (χ3v) is 1.76. The molecule has 1 amide bonds. The van der Waals surface area contributed by atoms with Gasteiger partial charge in [-0.3, -0.25) is 4.79 Å². The maximum absolute atomic E-state index is 10.8. The number of carbonyl (C=O) groups excluding carboxylic acids is 2. The Morgan fingerprint density at radius 2 is 2.00 bits per heavy atom. The van der Waals surface area contributed by atoms with Crippen molar-refractivity contribution in [2.45, 2.75) is 13.3 Å². The Hall–Kier alpha value is -1.14. The quantitative estimate of drug-likeness (QED) is 0.406. The highest BCUT2D eigenvalue weighted by Crippen LogP contribution is 1.81. The van der Waals surface area contributed by atoms with Gasteiger partial charge < -0.3 is 20.1 Å². The van der Waals surface area contributed by atoms with Crippen LogP contribution in [0.4, 0.5) is 0 Å². The van der Waals surface area contributed by atoms with E-state index in [-0.39, 0.29) is 18.5 Å². The van der Waals surface area contributed by atoms with Gasteiger partial charge in [0.15, 0.2) is 0 Å². The molecule has 0 aromatic rings. The van der Waals surface area contributed by atoms with Crippen LogP contribution in [-0.2, 0) is 19.1 Å². The molecule has 6 nitrogen and oxygen atoms in total. The molecule has 94 valence electrons. The fourth-order valence-electron chi connectivity index (χ4n) is 0.954. The summed E-state index contributed by atoms with van der Waals surface area (Å²) in [5.41, 5.74) is 0. The smallest absolute Gasteiger partial charge is 0.332 e. The monoisotopic (exact) mass is 232 g/mol. The van der Waals surface area contributed by atoms with Crippen molar-refractivity contribution in [1.82, 2.24) is 10.6 Å². The highest BCUT2D eigenvalue weighted by molar-refractivity contribution is 5.75. The number of carbonyl (C=O) groups is 2. The number of esters is 1. The molecule has 0 atom stereocenters. The van der Waals surface area contributed by atoms with Crippen molar-refractivity contribution >= 4 is 11.9 Å². The first-order valence-electron chi connectivity index (χ1n) is 5.35. The van der Waals surface area contributed by atoms with E-state index in [1.54, 1.807) is 14.0 Å². The molecule has 0 saturated carbocycles. The lowest BCUT2D eigenvalue weighted by Crippen LogP contribution is -2.27. The highest BCUT2D eigenvalue weighted by atomic mass is 16.6. The standard InChI is InChI=1S/C10H20N2O4/c1-3-16-10(14)8-15-7-6-12-5-4-9(13)11-2/h12H,3-8H2,1-2H3,(H,11,13). The van der Waals surface area contributed by atoms with Gasteiger partial charge in [0.05, 0.1) is 13.2 Å². The Bertz CT molecular complexity index is 209. The SMILES string of the molecule is CCOC(=O)COCCNCCC(=O)NC. The number of hydrogen-bond donors (Lipinski definition) is 2. The van der Waals surface area contributed by atoms with Crippen molar-refractivity contribution in [1.29, 1.82) is 0 Å². The fourth-order valence-corrected chi connectivity index (χ4v) is 0.954. The lowest BCUT2D eigenvalue weighted by molar-refractivity contribution is -0.148. The zero-order chi connectivity index (χ0) is 12.2. The molecule has 0 aliphatic carbocycles. The van der Waals surface area contributed by atoms with Gasteiger partial charge in [-0.2, -0.15) is 0 Å². The third-order valence-electron chi connectivity index (χ3n) is 1.76. The van der Waals surface area contributed by atoms with Gasteiger partial charge in [0.1, 0.15) is 6.61 Å². The van der Waals surface area contributed by atoms with Crippen LogP contribution in [0.1, 0.15) is 13.3 Å². The summed E-state index contributed by atoms with van der Waals surface area (Å²) in [4.78, 5) is 21.7. The van der Waals surface area contributed by atoms with Crippen molar-refractivity contribution in [2.24, 2.45) is 0 Å². The van der Waals surface area contributed by atoms with Crippen LogP contribution in [0, 0.1) is 0 Å². The average molecular weight is 232 g/mol. The fraction of sp³-hybridized carbons (Fsp3) is 0.800. The van der Waals surface area contributed by atoms with Gasteiger partial charge in [0.2, 0.25) is 5.91 Å². The number of rotatable bonds is 9. The number of hydrogen-bond acceptors (Lipinski definition) is 5. The summed E-state index contributed by atoms with van der Waals surface area (Å²) < 4.78 is 9.72. The molecular formula is C10H20N2O4. The molecule has 0 unspecified atom stereocenters. The molecule has 0 aromatic carbocycles. The minimum atomic E-state index is -0.354. The summed E-state index contributed by atoms with van der Waals surface area (Å²) in [7, 11) is 1.60. The summed E-state index contributed by atoms with van der Waals surface area (Å²) >= 11 is 0. The second kappa shape index (κ2) is 10.4. The van der Waals surface area contributed by atoms with E-state index < -0.39 is 0 Å². The predicted octanol–water partition coefficient (Wildman–Crippen LogP) is -0.708. The number of amides is 1. The van der Waals surface area contributed by atoms with Crippen LogP contribution in [0.3, 0.4) is 0 Å². The molecule has 6 heteroatoms. The van der Waals surface area contributed by atoms with Crippen LogP contribution in [0.2, 0.25) is 0 Å². The van der Waals surface area contributed by atoms with Gasteiger partial charge in [0, 0.05) is 26.6 Å². The van der Waals surface area contributed by atoms with E-state index in [0.29, 0.717) is 32.7 Å². The maximum Gasteiger partial charge on any atom is 0.332 e. The van der Waals surface area contributed by atoms with Crippen LogP contribution < -0.4 is 10.6 Å². The summed E-state index contributed by atoms with van der Waals surface area (Å²) in [5.74, 6) is -0.354. The normalized spacial score (nSPS) is 9.88. The van der Waals surface area contributed by atoms with E-state index in [1.165, 1.54) is 0 Å². The van der Waals surface area contributed by atoms with Crippen LogP contribution in [0.15, 0.2) is 0 Å². The summed E-state index contributed by atoms with van der Waals surface area (Å²) in [6, 6.07) is 0. The van der Waals surface area contributed by atoms with E-state index in [0.717, 1.165) is 0 Å². The Kier molecular flexibility index (Phi) is 9.64. The van der Waals surface area contributed by atoms with Crippen molar-refractivity contribution < 1.29 is 19.1 Å². The second-order valence-electron chi connectivity index (χ2n) is 3.03. The van der Waals surface area contributed by atoms with Gasteiger partial charge in [-0.15, -0.1) is 0 Å². The zero-order valence-corrected chi connectivity index (χ0v) is 9.88. The maximum atomic E-state index is 10.8. The third kappa shape index (κ3) is 9.42. The molecule has 0 rings (SSSR count). The molecule has 2 N–H and O–H groups in total. The van der Waals surface area contributed by atoms with Crippen LogP contribution in [0.5, 0.6) is 0 Å². The van der Waals surface area contributed by atoms with Crippen molar-refractivity contribution in [3.8, 4) is 0 Å². The Morgan fingerprint density at radius 1 is 1.25 bits per heavy atom. The van der Waals surface area contributed by atoms with Crippen molar-refractivity contribution in [3.63, 3.8) is 0 Å². The van der Waals surface area contributed by atoms with Gasteiger partial charge in [-0.1, -0.05) is 0 Å². The van der Waals surface area contributed by atoms with Crippen LogP contribution in [-0.4, -0.2) is 51.8 Å².